The summed E-state index contributed by atoms with van der Waals surface area (Å²) < 4.78 is 0. The molecule has 0 bridgehead atoms. The van der Waals surface area contributed by atoms with Crippen LogP contribution in [-0.2, 0) is 4.79 Å². The van der Waals surface area contributed by atoms with Crippen LogP contribution in [0.5, 0.6) is 0 Å². The summed E-state index contributed by atoms with van der Waals surface area (Å²) in [6.45, 7) is 4.42. The van der Waals surface area contributed by atoms with Gasteiger partial charge in [-0.1, -0.05) is 25.5 Å². The quantitative estimate of drug-likeness (QED) is 0.696. The first-order valence-electron chi connectivity index (χ1n) is 8.92. The van der Waals surface area contributed by atoms with Gasteiger partial charge in [0, 0.05) is 10.8 Å². The van der Waals surface area contributed by atoms with Crippen LogP contribution in [-0.4, -0.2) is 16.5 Å². The van der Waals surface area contributed by atoms with Gasteiger partial charge in [-0.15, -0.1) is 0 Å². The van der Waals surface area contributed by atoms with Crippen molar-refractivity contribution in [3.8, 4) is 6.07 Å². The second-order valence-electron chi connectivity index (χ2n) is 8.57. The van der Waals surface area contributed by atoms with Gasteiger partial charge in [0.1, 0.15) is 0 Å². The SMILES string of the molecule is C[C@]12C=CC(=O)C=C1CC[C@H]1[C@H]2CC[C@@]2(C)[C@H]1CC[C@]2(O)C#N. The van der Waals surface area contributed by atoms with Gasteiger partial charge in [-0.05, 0) is 68.4 Å². The zero-order valence-electron chi connectivity index (χ0n) is 14.0. The molecule has 3 nitrogen and oxygen atoms in total. The fraction of sp³-hybridized carbons (Fsp3) is 0.700. The summed E-state index contributed by atoms with van der Waals surface area (Å²) in [5, 5.41) is 20.4. The number of hydrogen-bond acceptors (Lipinski definition) is 3. The molecule has 3 heteroatoms. The Morgan fingerprint density at radius 3 is 2.70 bits per heavy atom. The van der Waals surface area contributed by atoms with Gasteiger partial charge in [0.15, 0.2) is 11.4 Å². The van der Waals surface area contributed by atoms with Crippen molar-refractivity contribution in [1.82, 2.24) is 0 Å². The second-order valence-corrected chi connectivity index (χ2v) is 8.57. The van der Waals surface area contributed by atoms with Crippen LogP contribution in [0, 0.1) is 39.9 Å². The van der Waals surface area contributed by atoms with E-state index in [1.807, 2.05) is 6.08 Å². The highest BCUT2D eigenvalue weighted by atomic mass is 16.3. The van der Waals surface area contributed by atoms with Gasteiger partial charge in [-0.3, -0.25) is 4.79 Å². The number of nitrogens with zero attached hydrogens (tertiary/aromatic N) is 1. The summed E-state index contributed by atoms with van der Waals surface area (Å²) in [6.07, 6.45) is 11.3. The largest absolute Gasteiger partial charge is 0.375 e. The van der Waals surface area contributed by atoms with Crippen LogP contribution in [0.4, 0.5) is 0 Å². The molecule has 6 atom stereocenters. The van der Waals surface area contributed by atoms with Crippen molar-refractivity contribution in [2.75, 3.05) is 0 Å². The predicted octanol–water partition coefficient (Wildman–Crippen LogP) is 3.55. The molecule has 3 fully saturated rings. The van der Waals surface area contributed by atoms with Gasteiger partial charge in [-0.2, -0.15) is 5.26 Å². The Morgan fingerprint density at radius 2 is 1.96 bits per heavy atom. The molecular weight excluding hydrogens is 286 g/mol. The number of fused-ring (bicyclic) bond motifs is 5. The van der Waals surface area contributed by atoms with Gasteiger partial charge in [0.25, 0.3) is 0 Å². The number of allylic oxidation sites excluding steroid dienone is 4. The number of carbonyl (C=O) groups excluding carboxylic acids is 1. The van der Waals surface area contributed by atoms with Crippen molar-refractivity contribution in [3.63, 3.8) is 0 Å². The smallest absolute Gasteiger partial charge is 0.178 e. The van der Waals surface area contributed by atoms with Crippen LogP contribution >= 0.6 is 0 Å². The monoisotopic (exact) mass is 311 g/mol. The first kappa shape index (κ1) is 15.1. The number of ketones is 1. The standard InChI is InChI=1S/C20H25NO2/c1-18-8-5-14(22)11-13(18)3-4-15-16(18)6-9-19(2)17(15)7-10-20(19,23)12-21/h5,8,11,15-17,23H,3-4,6-7,9-10H2,1-2H3/t15-,16+,17-,18-,19-,20-/m0/s1. The third kappa shape index (κ3) is 1.76. The van der Waals surface area contributed by atoms with E-state index in [0.29, 0.717) is 24.2 Å². The van der Waals surface area contributed by atoms with Gasteiger partial charge in [0.2, 0.25) is 0 Å². The Balaban J connectivity index is 1.72. The maximum Gasteiger partial charge on any atom is 0.178 e. The lowest BCUT2D eigenvalue weighted by atomic mass is 9.47. The zero-order chi connectivity index (χ0) is 16.5. The Hall–Kier alpha value is -1.40. The minimum absolute atomic E-state index is 0.00843. The minimum Gasteiger partial charge on any atom is -0.375 e. The predicted molar refractivity (Wildman–Crippen MR) is 87.2 cm³/mol. The van der Waals surface area contributed by atoms with Crippen LogP contribution in [0.25, 0.3) is 0 Å². The van der Waals surface area contributed by atoms with E-state index < -0.39 is 5.60 Å². The molecule has 4 aliphatic rings. The maximum atomic E-state index is 11.7. The molecule has 0 heterocycles. The molecule has 0 aliphatic heterocycles. The van der Waals surface area contributed by atoms with Crippen molar-refractivity contribution in [3.05, 3.63) is 23.8 Å². The molecule has 0 radical (unpaired) electrons. The summed E-state index contributed by atoms with van der Waals surface area (Å²) in [4.78, 5) is 11.7. The molecule has 0 aromatic carbocycles. The number of rotatable bonds is 0. The van der Waals surface area contributed by atoms with E-state index in [9.17, 15) is 15.2 Å². The highest BCUT2D eigenvalue weighted by Crippen LogP contribution is 2.66. The molecule has 0 spiro atoms. The van der Waals surface area contributed by atoms with Crippen molar-refractivity contribution in [2.45, 2.75) is 58.0 Å². The highest BCUT2D eigenvalue weighted by Gasteiger charge is 2.64. The summed E-state index contributed by atoms with van der Waals surface area (Å²) in [7, 11) is 0. The lowest BCUT2D eigenvalue weighted by Gasteiger charge is -2.57. The average Bonchev–Trinajstić information content (AvgIpc) is 2.80. The van der Waals surface area contributed by atoms with Crippen molar-refractivity contribution in [2.24, 2.45) is 28.6 Å². The molecule has 4 aliphatic carbocycles. The average molecular weight is 311 g/mol. The molecule has 23 heavy (non-hydrogen) atoms. The summed E-state index contributed by atoms with van der Waals surface area (Å²) in [6, 6.07) is 2.23. The fourth-order valence-corrected chi connectivity index (χ4v) is 6.40. The number of carbonyl (C=O) groups is 1. The second kappa shape index (κ2) is 4.57. The minimum atomic E-state index is -1.15. The van der Waals surface area contributed by atoms with Gasteiger partial charge < -0.3 is 5.11 Å². The maximum absolute atomic E-state index is 11.7. The number of aliphatic hydroxyl groups is 1. The molecule has 0 aromatic heterocycles. The third-order valence-electron chi connectivity index (χ3n) is 7.89. The van der Waals surface area contributed by atoms with E-state index >= 15 is 0 Å². The molecule has 122 valence electrons. The van der Waals surface area contributed by atoms with E-state index in [-0.39, 0.29) is 16.6 Å². The summed E-state index contributed by atoms with van der Waals surface area (Å²) in [5.74, 6) is 1.63. The molecule has 0 saturated heterocycles. The topological polar surface area (TPSA) is 61.1 Å². The van der Waals surface area contributed by atoms with E-state index in [1.54, 1.807) is 6.08 Å². The van der Waals surface area contributed by atoms with E-state index in [0.717, 1.165) is 32.1 Å². The fourth-order valence-electron chi connectivity index (χ4n) is 6.40. The van der Waals surface area contributed by atoms with Gasteiger partial charge in [0.05, 0.1) is 6.07 Å². The first-order chi connectivity index (χ1) is 10.8. The van der Waals surface area contributed by atoms with E-state index in [1.165, 1.54) is 5.57 Å². The lowest BCUT2D eigenvalue weighted by molar-refractivity contribution is -0.111. The van der Waals surface area contributed by atoms with Gasteiger partial charge in [-0.25, -0.2) is 0 Å². The van der Waals surface area contributed by atoms with Crippen molar-refractivity contribution < 1.29 is 9.90 Å². The van der Waals surface area contributed by atoms with Crippen LogP contribution in [0.2, 0.25) is 0 Å². The molecule has 0 amide bonds. The highest BCUT2D eigenvalue weighted by molar-refractivity contribution is 6.01. The number of nitriles is 1. The van der Waals surface area contributed by atoms with Crippen LogP contribution in [0.15, 0.2) is 23.8 Å². The molecule has 1 N–H and O–H groups in total. The molecule has 3 saturated carbocycles. The van der Waals surface area contributed by atoms with Crippen LogP contribution in [0.3, 0.4) is 0 Å². The normalized spacial score (nSPS) is 51.3. The Labute approximate surface area is 138 Å². The Bertz CT molecular complexity index is 672. The third-order valence-corrected chi connectivity index (χ3v) is 7.89. The Morgan fingerprint density at radius 1 is 1.22 bits per heavy atom. The molecule has 4 rings (SSSR count). The van der Waals surface area contributed by atoms with Crippen LogP contribution < -0.4 is 0 Å². The van der Waals surface area contributed by atoms with Gasteiger partial charge >= 0.3 is 0 Å². The molecule has 0 aromatic rings. The van der Waals surface area contributed by atoms with Crippen LogP contribution in [0.1, 0.15) is 52.4 Å². The first-order valence-corrected chi connectivity index (χ1v) is 8.92. The molecule has 0 unspecified atom stereocenters. The summed E-state index contributed by atoms with van der Waals surface area (Å²) in [5.41, 5.74) is -0.138. The lowest BCUT2D eigenvalue weighted by Crippen LogP contribution is -2.53. The zero-order valence-corrected chi connectivity index (χ0v) is 14.0. The molecular formula is C20H25NO2. The Kier molecular flexibility index (Phi) is 3.01. The van der Waals surface area contributed by atoms with E-state index in [2.05, 4.69) is 26.0 Å². The van der Waals surface area contributed by atoms with E-state index in [4.69, 9.17) is 0 Å². The summed E-state index contributed by atoms with van der Waals surface area (Å²) >= 11 is 0. The van der Waals surface area contributed by atoms with Crippen molar-refractivity contribution >= 4 is 5.78 Å². The van der Waals surface area contributed by atoms with Crippen molar-refractivity contribution in [1.29, 1.82) is 5.26 Å². The number of hydrogen-bond donors (Lipinski definition) is 1.